The first-order chi connectivity index (χ1) is 11.3. The van der Waals surface area contributed by atoms with Gasteiger partial charge in [-0.2, -0.15) is 0 Å². The van der Waals surface area contributed by atoms with Crippen LogP contribution in [0.25, 0.3) is 0 Å². The Morgan fingerprint density at radius 3 is 2.83 bits per heavy atom. The number of aryl methyl sites for hydroxylation is 1. The van der Waals surface area contributed by atoms with Gasteiger partial charge in [-0.1, -0.05) is 25.1 Å². The summed E-state index contributed by atoms with van der Waals surface area (Å²) in [4.78, 5) is 12.4. The van der Waals surface area contributed by atoms with Crippen molar-refractivity contribution in [1.29, 1.82) is 0 Å². The fourth-order valence-electron chi connectivity index (χ4n) is 3.69. The summed E-state index contributed by atoms with van der Waals surface area (Å²) >= 11 is 0. The molecule has 0 radical (unpaired) electrons. The molecule has 0 bridgehead atoms. The van der Waals surface area contributed by atoms with E-state index in [1.54, 1.807) is 0 Å². The lowest BCUT2D eigenvalue weighted by molar-refractivity contribution is -0.122. The minimum absolute atomic E-state index is 0. The molecule has 5 heteroatoms. The number of benzene rings is 1. The highest BCUT2D eigenvalue weighted by molar-refractivity contribution is 5.85. The van der Waals surface area contributed by atoms with Crippen LogP contribution in [-0.4, -0.2) is 25.6 Å². The number of halogens is 1. The molecule has 1 amide bonds. The molecule has 134 valence electrons. The zero-order valence-corrected chi connectivity index (χ0v) is 15.3. The molecule has 0 saturated carbocycles. The summed E-state index contributed by atoms with van der Waals surface area (Å²) in [6.45, 7) is 5.02. The molecule has 3 rings (SSSR count). The van der Waals surface area contributed by atoms with Crippen LogP contribution in [0.5, 0.6) is 5.75 Å². The van der Waals surface area contributed by atoms with Crippen molar-refractivity contribution >= 4 is 18.3 Å². The molecule has 1 saturated heterocycles. The van der Waals surface area contributed by atoms with E-state index in [9.17, 15) is 4.79 Å². The Kier molecular flexibility index (Phi) is 7.38. The summed E-state index contributed by atoms with van der Waals surface area (Å²) < 4.78 is 5.85. The molecule has 0 spiro atoms. The van der Waals surface area contributed by atoms with Gasteiger partial charge in [0.15, 0.2) is 0 Å². The Morgan fingerprint density at radius 2 is 2.08 bits per heavy atom. The normalized spacial score (nSPS) is 20.5. The second-order valence-corrected chi connectivity index (χ2v) is 6.68. The molecule has 1 fully saturated rings. The van der Waals surface area contributed by atoms with Crippen LogP contribution in [0.15, 0.2) is 18.2 Å². The van der Waals surface area contributed by atoms with E-state index in [0.717, 1.165) is 43.7 Å². The number of ether oxygens (including phenoxy) is 1. The van der Waals surface area contributed by atoms with Crippen LogP contribution in [0.3, 0.4) is 0 Å². The third-order valence-corrected chi connectivity index (χ3v) is 5.11. The lowest BCUT2D eigenvalue weighted by atomic mass is 9.92. The Hall–Kier alpha value is -1.26. The van der Waals surface area contributed by atoms with E-state index in [1.807, 2.05) is 0 Å². The van der Waals surface area contributed by atoms with E-state index in [4.69, 9.17) is 4.74 Å². The third-order valence-electron chi connectivity index (χ3n) is 5.11. The maximum atomic E-state index is 12.4. The highest BCUT2D eigenvalue weighted by Crippen LogP contribution is 2.35. The van der Waals surface area contributed by atoms with Gasteiger partial charge < -0.3 is 15.4 Å². The van der Waals surface area contributed by atoms with Crippen molar-refractivity contribution in [2.24, 2.45) is 5.92 Å². The predicted octanol–water partition coefficient (Wildman–Crippen LogP) is 3.39. The number of fused-ring (bicyclic) bond motifs is 1. The second kappa shape index (κ2) is 9.28. The van der Waals surface area contributed by atoms with Crippen LogP contribution in [0, 0.1) is 5.92 Å². The van der Waals surface area contributed by atoms with Gasteiger partial charge in [0.25, 0.3) is 0 Å². The third kappa shape index (κ3) is 4.64. The fraction of sp³-hybridized carbons (Fsp3) is 0.632. The first-order valence-corrected chi connectivity index (χ1v) is 9.02. The first kappa shape index (κ1) is 19.1. The highest BCUT2D eigenvalue weighted by Gasteiger charge is 2.25. The molecule has 24 heavy (non-hydrogen) atoms. The van der Waals surface area contributed by atoms with Crippen LogP contribution in [0.2, 0.25) is 0 Å². The van der Waals surface area contributed by atoms with Gasteiger partial charge in [0.2, 0.25) is 5.91 Å². The maximum Gasteiger partial charge on any atom is 0.220 e. The summed E-state index contributed by atoms with van der Waals surface area (Å²) in [5, 5.41) is 6.61. The van der Waals surface area contributed by atoms with Crippen molar-refractivity contribution in [3.8, 4) is 5.75 Å². The number of rotatable bonds is 5. The van der Waals surface area contributed by atoms with Crippen LogP contribution < -0.4 is 15.4 Å². The molecule has 2 aliphatic rings. The van der Waals surface area contributed by atoms with E-state index in [0.29, 0.717) is 18.9 Å². The van der Waals surface area contributed by atoms with Crippen LogP contribution in [0.1, 0.15) is 56.2 Å². The van der Waals surface area contributed by atoms with Gasteiger partial charge in [-0.25, -0.2) is 0 Å². The Morgan fingerprint density at radius 1 is 1.29 bits per heavy atom. The molecule has 4 nitrogen and oxygen atoms in total. The van der Waals surface area contributed by atoms with Gasteiger partial charge in [0.05, 0.1) is 12.6 Å². The molecule has 0 aliphatic carbocycles. The van der Waals surface area contributed by atoms with Crippen molar-refractivity contribution in [2.45, 2.75) is 51.5 Å². The topological polar surface area (TPSA) is 50.4 Å². The van der Waals surface area contributed by atoms with E-state index in [-0.39, 0.29) is 24.4 Å². The molecule has 1 unspecified atom stereocenters. The van der Waals surface area contributed by atoms with Gasteiger partial charge >= 0.3 is 0 Å². The average molecular weight is 353 g/mol. The largest absolute Gasteiger partial charge is 0.493 e. The number of hydrogen-bond acceptors (Lipinski definition) is 3. The predicted molar refractivity (Wildman–Crippen MR) is 98.9 cm³/mol. The van der Waals surface area contributed by atoms with Crippen LogP contribution in [0.4, 0.5) is 0 Å². The Bertz CT molecular complexity index is 544. The monoisotopic (exact) mass is 352 g/mol. The molecule has 0 aromatic heterocycles. The maximum absolute atomic E-state index is 12.4. The molecule has 1 aromatic carbocycles. The van der Waals surface area contributed by atoms with E-state index in [1.165, 1.54) is 18.4 Å². The minimum atomic E-state index is 0. The van der Waals surface area contributed by atoms with E-state index < -0.39 is 0 Å². The molecule has 1 aromatic rings. The zero-order valence-electron chi connectivity index (χ0n) is 14.5. The molecular weight excluding hydrogens is 324 g/mol. The SMILES string of the molecule is CCc1cccc2c1OCCC2NC(=O)CCC1CCNCC1.Cl. The van der Waals surface area contributed by atoms with Crippen LogP contribution in [-0.2, 0) is 11.2 Å². The number of carbonyl (C=O) groups is 1. The number of hydrogen-bond donors (Lipinski definition) is 2. The molecular formula is C19H29ClN2O2. The lowest BCUT2D eigenvalue weighted by Crippen LogP contribution is -2.33. The van der Waals surface area contributed by atoms with Crippen molar-refractivity contribution in [3.63, 3.8) is 0 Å². The number of amides is 1. The van der Waals surface area contributed by atoms with E-state index >= 15 is 0 Å². The Labute approximate surface area is 151 Å². The van der Waals surface area contributed by atoms with Crippen molar-refractivity contribution in [3.05, 3.63) is 29.3 Å². The second-order valence-electron chi connectivity index (χ2n) is 6.68. The highest BCUT2D eigenvalue weighted by atomic mass is 35.5. The molecule has 1 atom stereocenters. The average Bonchev–Trinajstić information content (AvgIpc) is 2.60. The van der Waals surface area contributed by atoms with Gasteiger partial charge in [0.1, 0.15) is 5.75 Å². The van der Waals surface area contributed by atoms with Crippen molar-refractivity contribution in [2.75, 3.05) is 19.7 Å². The number of piperidine rings is 1. The Balaban J connectivity index is 0.00000208. The standard InChI is InChI=1S/C19H28N2O2.ClH/c1-2-15-4-3-5-16-17(10-13-23-19(15)16)21-18(22)7-6-14-8-11-20-12-9-14;/h3-5,14,17,20H,2,6-13H2,1H3,(H,21,22);1H. The first-order valence-electron chi connectivity index (χ1n) is 9.02. The fourth-order valence-corrected chi connectivity index (χ4v) is 3.69. The van der Waals surface area contributed by atoms with Gasteiger partial charge in [-0.3, -0.25) is 4.79 Å². The zero-order chi connectivity index (χ0) is 16.1. The van der Waals surface area contributed by atoms with Crippen LogP contribution >= 0.6 is 12.4 Å². The molecule has 2 heterocycles. The van der Waals surface area contributed by atoms with Crippen molar-refractivity contribution in [1.82, 2.24) is 10.6 Å². The quantitative estimate of drug-likeness (QED) is 0.854. The summed E-state index contributed by atoms with van der Waals surface area (Å²) in [5.41, 5.74) is 2.38. The summed E-state index contributed by atoms with van der Waals surface area (Å²) in [6, 6.07) is 6.37. The summed E-state index contributed by atoms with van der Waals surface area (Å²) in [6.07, 6.45) is 5.88. The van der Waals surface area contributed by atoms with Gasteiger partial charge in [-0.15, -0.1) is 12.4 Å². The van der Waals surface area contributed by atoms with E-state index in [2.05, 4.69) is 35.8 Å². The summed E-state index contributed by atoms with van der Waals surface area (Å²) in [7, 11) is 0. The smallest absolute Gasteiger partial charge is 0.220 e. The van der Waals surface area contributed by atoms with Gasteiger partial charge in [0, 0.05) is 18.4 Å². The van der Waals surface area contributed by atoms with Crippen molar-refractivity contribution < 1.29 is 9.53 Å². The summed E-state index contributed by atoms with van der Waals surface area (Å²) in [5.74, 6) is 1.88. The molecule has 2 N–H and O–H groups in total. The van der Waals surface area contributed by atoms with Gasteiger partial charge in [-0.05, 0) is 50.3 Å². The minimum Gasteiger partial charge on any atom is -0.493 e. The lowest BCUT2D eigenvalue weighted by Gasteiger charge is -2.28. The molecule has 2 aliphatic heterocycles. The number of carbonyl (C=O) groups excluding carboxylic acids is 1. The number of para-hydroxylation sites is 1. The number of nitrogens with one attached hydrogen (secondary N) is 2.